The lowest BCUT2D eigenvalue weighted by atomic mass is 10.0. The molecule has 2 unspecified atom stereocenters. The van der Waals surface area contributed by atoms with E-state index in [2.05, 4.69) is 17.6 Å². The first kappa shape index (κ1) is 17.0. The largest absolute Gasteiger partial charge is 0.481 e. The number of anilines is 1. The zero-order chi connectivity index (χ0) is 15.8. The molecule has 21 heavy (non-hydrogen) atoms. The lowest BCUT2D eigenvalue weighted by molar-refractivity contribution is -0.141. The van der Waals surface area contributed by atoms with Crippen LogP contribution in [0.4, 0.5) is 10.5 Å². The maximum Gasteiger partial charge on any atom is 0.319 e. The quantitative estimate of drug-likeness (QED) is 0.721. The third kappa shape index (κ3) is 5.85. The third-order valence-electron chi connectivity index (χ3n) is 3.53. The van der Waals surface area contributed by atoms with Crippen LogP contribution in [0.15, 0.2) is 24.3 Å². The van der Waals surface area contributed by atoms with Crippen LogP contribution < -0.4 is 10.6 Å². The fraction of sp³-hybridized carbons (Fsp3) is 0.500. The number of urea groups is 1. The maximum atomic E-state index is 11.8. The zero-order valence-corrected chi connectivity index (χ0v) is 12.8. The number of carboxylic acids is 1. The van der Waals surface area contributed by atoms with Crippen LogP contribution in [0.3, 0.4) is 0 Å². The first-order valence-electron chi connectivity index (χ1n) is 7.33. The highest BCUT2D eigenvalue weighted by molar-refractivity contribution is 5.89. The number of hydrogen-bond donors (Lipinski definition) is 3. The maximum absolute atomic E-state index is 11.8. The first-order chi connectivity index (χ1) is 9.93. The molecule has 5 heteroatoms. The van der Waals surface area contributed by atoms with Crippen molar-refractivity contribution in [3.05, 3.63) is 29.8 Å². The fourth-order valence-corrected chi connectivity index (χ4v) is 1.85. The van der Waals surface area contributed by atoms with Crippen molar-refractivity contribution in [3.63, 3.8) is 0 Å². The Labute approximate surface area is 125 Å². The van der Waals surface area contributed by atoms with Gasteiger partial charge in [-0.15, -0.1) is 0 Å². The summed E-state index contributed by atoms with van der Waals surface area (Å²) in [5.74, 6) is -1.56. The van der Waals surface area contributed by atoms with Gasteiger partial charge in [-0.25, -0.2) is 4.79 Å². The molecule has 0 heterocycles. The Balaban J connectivity index is 2.49. The molecule has 0 saturated carbocycles. The van der Waals surface area contributed by atoms with E-state index in [1.807, 2.05) is 24.3 Å². The Morgan fingerprint density at radius 1 is 1.19 bits per heavy atom. The van der Waals surface area contributed by atoms with Crippen molar-refractivity contribution in [1.82, 2.24) is 5.32 Å². The van der Waals surface area contributed by atoms with Crippen molar-refractivity contribution in [1.29, 1.82) is 0 Å². The number of unbranched alkanes of at least 4 members (excludes halogenated alkanes) is 1. The molecule has 3 N–H and O–H groups in total. The summed E-state index contributed by atoms with van der Waals surface area (Å²) < 4.78 is 0. The second-order valence-corrected chi connectivity index (χ2v) is 5.31. The molecule has 0 aliphatic rings. The zero-order valence-electron chi connectivity index (χ0n) is 12.8. The van der Waals surface area contributed by atoms with Gasteiger partial charge in [-0.05, 0) is 44.4 Å². The van der Waals surface area contributed by atoms with E-state index in [0.717, 1.165) is 19.3 Å². The summed E-state index contributed by atoms with van der Waals surface area (Å²) in [5, 5.41) is 14.2. The van der Waals surface area contributed by atoms with Crippen LogP contribution in [-0.2, 0) is 11.2 Å². The average Bonchev–Trinajstić information content (AvgIpc) is 2.45. The van der Waals surface area contributed by atoms with Crippen LogP contribution in [0, 0.1) is 5.92 Å². The molecule has 0 aromatic heterocycles. The summed E-state index contributed by atoms with van der Waals surface area (Å²) in [7, 11) is 0. The number of hydrogen-bond acceptors (Lipinski definition) is 2. The summed E-state index contributed by atoms with van der Waals surface area (Å²) in [6, 6.07) is 6.87. The van der Waals surface area contributed by atoms with E-state index >= 15 is 0 Å². The molecule has 0 saturated heterocycles. The van der Waals surface area contributed by atoms with Gasteiger partial charge in [-0.2, -0.15) is 0 Å². The third-order valence-corrected chi connectivity index (χ3v) is 3.53. The van der Waals surface area contributed by atoms with E-state index in [9.17, 15) is 9.59 Å². The fourth-order valence-electron chi connectivity index (χ4n) is 1.85. The molecule has 116 valence electrons. The molecule has 0 aliphatic carbocycles. The number of carbonyl (C=O) groups is 2. The van der Waals surface area contributed by atoms with E-state index in [1.165, 1.54) is 5.56 Å². The van der Waals surface area contributed by atoms with E-state index in [4.69, 9.17) is 5.11 Å². The summed E-state index contributed by atoms with van der Waals surface area (Å²) >= 11 is 0. The highest BCUT2D eigenvalue weighted by Gasteiger charge is 2.20. The molecule has 2 atom stereocenters. The Bertz CT molecular complexity index is 471. The molecule has 1 rings (SSSR count). The summed E-state index contributed by atoms with van der Waals surface area (Å²) in [6.45, 7) is 5.39. The average molecular weight is 292 g/mol. The number of carbonyl (C=O) groups excluding carboxylic acids is 1. The predicted octanol–water partition coefficient (Wildman–Crippen LogP) is 3.26. The van der Waals surface area contributed by atoms with Gasteiger partial charge in [0.15, 0.2) is 0 Å². The standard InChI is InChI=1S/C16H24N2O3/c1-4-5-6-13-7-9-14(10-8-13)18-16(21)17-12(3)11(2)15(19)20/h7-12H,4-6H2,1-3H3,(H,19,20)(H2,17,18,21). The molecule has 0 spiro atoms. The number of rotatable bonds is 7. The van der Waals surface area contributed by atoms with Gasteiger partial charge in [0.1, 0.15) is 0 Å². The van der Waals surface area contributed by atoms with E-state index in [-0.39, 0.29) is 0 Å². The van der Waals surface area contributed by atoms with Crippen molar-refractivity contribution in [3.8, 4) is 0 Å². The highest BCUT2D eigenvalue weighted by atomic mass is 16.4. The monoisotopic (exact) mass is 292 g/mol. The SMILES string of the molecule is CCCCc1ccc(NC(=O)NC(C)C(C)C(=O)O)cc1. The number of aryl methyl sites for hydroxylation is 1. The molecule has 0 fully saturated rings. The molecule has 1 aromatic carbocycles. The van der Waals surface area contributed by atoms with Gasteiger partial charge in [0, 0.05) is 11.7 Å². The molecule has 5 nitrogen and oxygen atoms in total. The topological polar surface area (TPSA) is 78.4 Å². The number of aliphatic carboxylic acids is 1. The van der Waals surface area contributed by atoms with Crippen LogP contribution in [0.5, 0.6) is 0 Å². The lowest BCUT2D eigenvalue weighted by Gasteiger charge is -2.18. The van der Waals surface area contributed by atoms with Gasteiger partial charge in [-0.1, -0.05) is 25.5 Å². The molecule has 2 amide bonds. The lowest BCUT2D eigenvalue weighted by Crippen LogP contribution is -2.42. The van der Waals surface area contributed by atoms with E-state index < -0.39 is 24.0 Å². The Morgan fingerprint density at radius 2 is 1.81 bits per heavy atom. The molecular weight excluding hydrogens is 268 g/mol. The van der Waals surface area contributed by atoms with Gasteiger partial charge < -0.3 is 15.7 Å². The van der Waals surface area contributed by atoms with Gasteiger partial charge in [0.25, 0.3) is 0 Å². The second kappa shape index (κ2) is 8.29. The minimum Gasteiger partial charge on any atom is -0.481 e. The van der Waals surface area contributed by atoms with Crippen LogP contribution in [-0.4, -0.2) is 23.1 Å². The van der Waals surface area contributed by atoms with E-state index in [0.29, 0.717) is 5.69 Å². The summed E-state index contributed by atoms with van der Waals surface area (Å²) in [6.07, 6.45) is 3.34. The smallest absolute Gasteiger partial charge is 0.319 e. The molecule has 1 aromatic rings. The highest BCUT2D eigenvalue weighted by Crippen LogP contribution is 2.12. The number of carboxylic acid groups (broad SMARTS) is 1. The van der Waals surface area contributed by atoms with Crippen LogP contribution in [0.25, 0.3) is 0 Å². The first-order valence-corrected chi connectivity index (χ1v) is 7.33. The predicted molar refractivity (Wildman–Crippen MR) is 83.5 cm³/mol. The minimum absolute atomic E-state index is 0.392. The number of benzene rings is 1. The van der Waals surface area contributed by atoms with Crippen LogP contribution in [0.1, 0.15) is 39.2 Å². The Morgan fingerprint density at radius 3 is 2.33 bits per heavy atom. The van der Waals surface area contributed by atoms with Crippen LogP contribution >= 0.6 is 0 Å². The van der Waals surface area contributed by atoms with Crippen molar-refractivity contribution in [2.24, 2.45) is 5.92 Å². The molecule has 0 radical (unpaired) electrons. The number of nitrogens with one attached hydrogen (secondary N) is 2. The van der Waals surface area contributed by atoms with Crippen molar-refractivity contribution in [2.75, 3.05) is 5.32 Å². The molecule has 0 aliphatic heterocycles. The number of amides is 2. The Kier molecular flexibility index (Phi) is 6.72. The van der Waals surface area contributed by atoms with Crippen LogP contribution in [0.2, 0.25) is 0 Å². The van der Waals surface area contributed by atoms with Crippen molar-refractivity contribution >= 4 is 17.7 Å². The van der Waals surface area contributed by atoms with Gasteiger partial charge in [-0.3, -0.25) is 4.79 Å². The van der Waals surface area contributed by atoms with E-state index in [1.54, 1.807) is 13.8 Å². The summed E-state index contributed by atoms with van der Waals surface area (Å²) in [4.78, 5) is 22.6. The van der Waals surface area contributed by atoms with Gasteiger partial charge >= 0.3 is 12.0 Å². The normalized spacial score (nSPS) is 13.3. The van der Waals surface area contributed by atoms with Gasteiger partial charge in [0.2, 0.25) is 0 Å². The Hall–Kier alpha value is -2.04. The van der Waals surface area contributed by atoms with Gasteiger partial charge in [0.05, 0.1) is 5.92 Å². The second-order valence-electron chi connectivity index (χ2n) is 5.31. The van der Waals surface area contributed by atoms with Crippen molar-refractivity contribution < 1.29 is 14.7 Å². The van der Waals surface area contributed by atoms with Crippen molar-refractivity contribution in [2.45, 2.75) is 46.1 Å². The minimum atomic E-state index is -0.928. The molecular formula is C16H24N2O3. The molecule has 0 bridgehead atoms. The summed E-state index contributed by atoms with van der Waals surface area (Å²) in [5.41, 5.74) is 1.94.